The second kappa shape index (κ2) is 6.04. The van der Waals surface area contributed by atoms with Crippen LogP contribution >= 0.6 is 11.6 Å². The number of aromatic nitrogens is 4. The maximum Gasteiger partial charge on any atom is 0.291 e. The smallest absolute Gasteiger partial charge is 0.266 e. The molecule has 2 heterocycles. The predicted octanol–water partition coefficient (Wildman–Crippen LogP) is 1.50. The summed E-state index contributed by atoms with van der Waals surface area (Å²) in [5.41, 5.74) is 3.20. The molecule has 0 atom stereocenters. The first-order valence-corrected chi connectivity index (χ1v) is 6.57. The number of carbonyl (C=O) groups excluding carboxylic acids is 1. The largest absolute Gasteiger partial charge is 0.291 e. The van der Waals surface area contributed by atoms with Gasteiger partial charge in [0.2, 0.25) is 5.95 Å². The van der Waals surface area contributed by atoms with Crippen LogP contribution in [0.25, 0.3) is 0 Å². The van der Waals surface area contributed by atoms with Crippen molar-refractivity contribution in [1.29, 1.82) is 0 Å². The Bertz CT molecular complexity index is 705. The Morgan fingerprint density at radius 3 is 2.86 bits per heavy atom. The van der Waals surface area contributed by atoms with Crippen molar-refractivity contribution < 1.29 is 9.18 Å². The van der Waals surface area contributed by atoms with Crippen LogP contribution in [0.2, 0.25) is 5.02 Å². The summed E-state index contributed by atoms with van der Waals surface area (Å²) in [6.07, 6.45) is 2.51. The number of nitrogens with one attached hydrogen (secondary N) is 1. The molecule has 1 N–H and O–H groups in total. The van der Waals surface area contributed by atoms with E-state index < -0.39 is 11.9 Å². The van der Waals surface area contributed by atoms with Crippen LogP contribution in [-0.4, -0.2) is 31.7 Å². The topological polar surface area (TPSA) is 77.1 Å². The lowest BCUT2D eigenvalue weighted by Gasteiger charge is -2.00. The molecule has 0 aliphatic heterocycles. The number of nitrogens with zero attached hydrogens (tertiary/aromatic N) is 5. The Hall–Kier alpha value is -2.22. The third kappa shape index (κ3) is 2.94. The number of hydrogen-bond donors (Lipinski definition) is 1. The highest BCUT2D eigenvalue weighted by atomic mass is 35.5. The number of amides is 1. The van der Waals surface area contributed by atoms with Gasteiger partial charge in [0.1, 0.15) is 5.69 Å². The van der Waals surface area contributed by atoms with Gasteiger partial charge in [-0.1, -0.05) is 11.6 Å². The first-order valence-electron chi connectivity index (χ1n) is 6.19. The second-order valence-corrected chi connectivity index (χ2v) is 4.66. The van der Waals surface area contributed by atoms with E-state index in [0.717, 1.165) is 0 Å². The molecule has 0 radical (unpaired) electrons. The van der Waals surface area contributed by atoms with E-state index in [-0.39, 0.29) is 16.3 Å². The molecule has 7 nitrogen and oxygen atoms in total. The number of hydrogen-bond acceptors (Lipinski definition) is 4. The Morgan fingerprint density at radius 2 is 2.33 bits per heavy atom. The van der Waals surface area contributed by atoms with Crippen molar-refractivity contribution in [1.82, 2.24) is 25.0 Å². The lowest BCUT2D eigenvalue weighted by Crippen LogP contribution is -2.21. The SMILES string of the molecule is CCn1ncc(C=NNC(=O)c2c(Cl)c(C)nn2C)c1F. The molecule has 0 aliphatic carbocycles. The van der Waals surface area contributed by atoms with E-state index in [1.165, 1.54) is 21.8 Å². The van der Waals surface area contributed by atoms with Crippen molar-refractivity contribution in [2.45, 2.75) is 20.4 Å². The fourth-order valence-electron chi connectivity index (χ4n) is 1.78. The molecule has 2 aromatic heterocycles. The third-order valence-corrected chi connectivity index (χ3v) is 3.29. The lowest BCUT2D eigenvalue weighted by atomic mass is 10.3. The molecule has 2 rings (SSSR count). The van der Waals surface area contributed by atoms with Crippen LogP contribution in [0, 0.1) is 12.9 Å². The molecular weight excluding hydrogens is 299 g/mol. The summed E-state index contributed by atoms with van der Waals surface area (Å²) < 4.78 is 16.2. The molecule has 0 saturated carbocycles. The normalized spacial score (nSPS) is 11.3. The van der Waals surface area contributed by atoms with Gasteiger partial charge in [0.25, 0.3) is 5.91 Å². The molecule has 0 bridgehead atoms. The molecule has 0 saturated heterocycles. The van der Waals surface area contributed by atoms with Gasteiger partial charge in [0.05, 0.1) is 28.7 Å². The van der Waals surface area contributed by atoms with Crippen molar-refractivity contribution >= 4 is 23.7 Å². The number of carbonyl (C=O) groups is 1. The lowest BCUT2D eigenvalue weighted by molar-refractivity contribution is 0.0946. The minimum Gasteiger partial charge on any atom is -0.266 e. The summed E-state index contributed by atoms with van der Waals surface area (Å²) in [5.74, 6) is -1.03. The summed E-state index contributed by atoms with van der Waals surface area (Å²) in [5, 5.41) is 11.8. The van der Waals surface area contributed by atoms with Crippen molar-refractivity contribution in [3.8, 4) is 0 Å². The average molecular weight is 313 g/mol. The Morgan fingerprint density at radius 1 is 1.62 bits per heavy atom. The van der Waals surface area contributed by atoms with Gasteiger partial charge in [-0.05, 0) is 13.8 Å². The summed E-state index contributed by atoms with van der Waals surface area (Å²) in [7, 11) is 1.60. The number of rotatable bonds is 4. The van der Waals surface area contributed by atoms with Crippen molar-refractivity contribution in [2.24, 2.45) is 12.1 Å². The van der Waals surface area contributed by atoms with Crippen LogP contribution in [0.1, 0.15) is 28.7 Å². The van der Waals surface area contributed by atoms with E-state index in [0.29, 0.717) is 12.2 Å². The molecule has 0 spiro atoms. The van der Waals surface area contributed by atoms with Crippen molar-refractivity contribution in [3.05, 3.63) is 34.1 Å². The molecule has 9 heteroatoms. The molecule has 0 aliphatic rings. The van der Waals surface area contributed by atoms with Crippen molar-refractivity contribution in [2.75, 3.05) is 0 Å². The summed E-state index contributed by atoms with van der Waals surface area (Å²) in [4.78, 5) is 12.0. The Kier molecular flexibility index (Phi) is 4.37. The number of aryl methyl sites for hydroxylation is 3. The maximum absolute atomic E-state index is 13.7. The molecule has 2 aromatic rings. The van der Waals surface area contributed by atoms with Gasteiger partial charge in [0, 0.05) is 13.6 Å². The highest BCUT2D eigenvalue weighted by Gasteiger charge is 2.18. The van der Waals surface area contributed by atoms with Gasteiger partial charge in [-0.15, -0.1) is 0 Å². The van der Waals surface area contributed by atoms with Crippen LogP contribution in [0.3, 0.4) is 0 Å². The quantitative estimate of drug-likeness (QED) is 0.686. The van der Waals surface area contributed by atoms with Gasteiger partial charge in [-0.3, -0.25) is 9.48 Å². The molecule has 0 aromatic carbocycles. The highest BCUT2D eigenvalue weighted by Crippen LogP contribution is 2.18. The minimum absolute atomic E-state index is 0.185. The molecule has 1 amide bonds. The van der Waals surface area contributed by atoms with Gasteiger partial charge in [-0.25, -0.2) is 10.1 Å². The van der Waals surface area contributed by atoms with E-state index in [4.69, 9.17) is 11.6 Å². The fraction of sp³-hybridized carbons (Fsp3) is 0.333. The predicted molar refractivity (Wildman–Crippen MR) is 75.9 cm³/mol. The first kappa shape index (κ1) is 15.2. The van der Waals surface area contributed by atoms with E-state index in [1.54, 1.807) is 20.9 Å². The molecular formula is C12H14ClFN6O. The monoisotopic (exact) mass is 312 g/mol. The van der Waals surface area contributed by atoms with Crippen LogP contribution < -0.4 is 5.43 Å². The van der Waals surface area contributed by atoms with Gasteiger partial charge in [-0.2, -0.15) is 19.7 Å². The zero-order valence-electron chi connectivity index (χ0n) is 11.8. The van der Waals surface area contributed by atoms with Crippen LogP contribution in [0.4, 0.5) is 4.39 Å². The highest BCUT2D eigenvalue weighted by molar-refractivity contribution is 6.34. The van der Waals surface area contributed by atoms with Crippen LogP contribution in [0.15, 0.2) is 11.3 Å². The van der Waals surface area contributed by atoms with E-state index in [2.05, 4.69) is 20.7 Å². The third-order valence-electron chi connectivity index (χ3n) is 2.83. The maximum atomic E-state index is 13.7. The summed E-state index contributed by atoms with van der Waals surface area (Å²) in [6.45, 7) is 3.87. The standard InChI is InChI=1S/C12H14ClFN6O/c1-4-20-11(14)8(6-16-20)5-15-17-12(21)10-9(13)7(2)18-19(10)3/h5-6H,4H2,1-3H3,(H,17,21). The first-order chi connectivity index (χ1) is 9.95. The van der Waals surface area contributed by atoms with Crippen molar-refractivity contribution in [3.63, 3.8) is 0 Å². The van der Waals surface area contributed by atoms with Gasteiger partial charge >= 0.3 is 0 Å². The van der Waals surface area contributed by atoms with E-state index in [9.17, 15) is 9.18 Å². The fourth-order valence-corrected chi connectivity index (χ4v) is 2.03. The molecule has 0 fully saturated rings. The van der Waals surface area contributed by atoms with Crippen LogP contribution in [0.5, 0.6) is 0 Å². The zero-order valence-corrected chi connectivity index (χ0v) is 12.5. The molecule has 0 unspecified atom stereocenters. The Balaban J connectivity index is 2.10. The second-order valence-electron chi connectivity index (χ2n) is 4.28. The molecule has 112 valence electrons. The van der Waals surface area contributed by atoms with E-state index in [1.807, 2.05) is 0 Å². The number of halogens is 2. The zero-order chi connectivity index (χ0) is 15.6. The van der Waals surface area contributed by atoms with Gasteiger partial charge in [0.15, 0.2) is 0 Å². The molecule has 21 heavy (non-hydrogen) atoms. The summed E-state index contributed by atoms with van der Waals surface area (Å²) >= 11 is 5.98. The van der Waals surface area contributed by atoms with Gasteiger partial charge < -0.3 is 0 Å². The van der Waals surface area contributed by atoms with Crippen LogP contribution in [-0.2, 0) is 13.6 Å². The Labute approximate surface area is 125 Å². The number of hydrazone groups is 1. The average Bonchev–Trinajstić information content (AvgIpc) is 2.91. The summed E-state index contributed by atoms with van der Waals surface area (Å²) in [6, 6.07) is 0. The minimum atomic E-state index is -0.525. The van der Waals surface area contributed by atoms with E-state index >= 15 is 0 Å².